The van der Waals surface area contributed by atoms with E-state index in [0.717, 1.165) is 64.2 Å². The molecule has 0 heterocycles. The Bertz CT molecular complexity index is 1170. The average Bonchev–Trinajstić information content (AvgIpc) is 3.17. The Morgan fingerprint density at radius 2 is 1.04 bits per heavy atom. The molecule has 3 N–H and O–H groups in total. The monoisotopic (exact) mass is 790 g/mol. The Balaban J connectivity index is 4.34. The number of allylic oxidation sites excluding steroid dienone is 14. The standard InChI is InChI=1S/C45H76NO8P/c1-3-5-7-9-11-13-15-17-19-20-21-22-24-25-27-29-31-33-35-37-44(47)51-41-43(42-53-55(49,50)52-40-39-46)54-45(48)38-36-34-32-30-28-26-23-18-16-14-12-10-8-6-4-2/h5,7,11,13,17,19,21-22,25-28,31,33,43H,3-4,6,8-10,12,14-16,18,20,23-24,29-30,32,34-42,46H2,1-2H3,(H,49,50)/b7-5+,13-11+,19-17+,22-21+,27-25+,28-26+,33-31+/t43-/m1/s1. The molecular formula is C45H76NO8P. The summed E-state index contributed by atoms with van der Waals surface area (Å²) in [7, 11) is -4.40. The number of carbonyl (C=O) groups excluding carboxylic acids is 2. The minimum Gasteiger partial charge on any atom is -0.462 e. The van der Waals surface area contributed by atoms with Gasteiger partial charge in [-0.3, -0.25) is 18.6 Å². The van der Waals surface area contributed by atoms with Gasteiger partial charge in [-0.15, -0.1) is 0 Å². The second kappa shape index (κ2) is 40.8. The summed E-state index contributed by atoms with van der Waals surface area (Å²) < 4.78 is 32.6. The highest BCUT2D eigenvalue weighted by Crippen LogP contribution is 2.43. The predicted molar refractivity (Wildman–Crippen MR) is 229 cm³/mol. The third-order valence-corrected chi connectivity index (χ3v) is 9.26. The lowest BCUT2D eigenvalue weighted by Crippen LogP contribution is -2.29. The first-order valence-corrected chi connectivity index (χ1v) is 22.6. The van der Waals surface area contributed by atoms with Crippen molar-refractivity contribution in [3.8, 4) is 0 Å². The first-order valence-electron chi connectivity index (χ1n) is 21.1. The summed E-state index contributed by atoms with van der Waals surface area (Å²) >= 11 is 0. The molecule has 0 bridgehead atoms. The van der Waals surface area contributed by atoms with E-state index in [-0.39, 0.29) is 32.6 Å². The molecule has 0 saturated carbocycles. The molecule has 0 saturated heterocycles. The minimum absolute atomic E-state index is 0.0374. The number of carbonyl (C=O) groups is 2. The minimum atomic E-state index is -4.40. The van der Waals surface area contributed by atoms with Crippen LogP contribution in [0.15, 0.2) is 85.1 Å². The van der Waals surface area contributed by atoms with Crippen molar-refractivity contribution in [1.29, 1.82) is 0 Å². The number of esters is 2. The van der Waals surface area contributed by atoms with Gasteiger partial charge in [0.05, 0.1) is 13.2 Å². The van der Waals surface area contributed by atoms with Crippen LogP contribution >= 0.6 is 7.82 Å². The third-order valence-electron chi connectivity index (χ3n) is 8.28. The van der Waals surface area contributed by atoms with Crippen molar-refractivity contribution in [3.05, 3.63) is 85.1 Å². The van der Waals surface area contributed by atoms with Crippen LogP contribution in [-0.4, -0.2) is 49.3 Å². The number of phosphoric acid groups is 1. The fourth-order valence-corrected chi connectivity index (χ4v) is 5.95. The van der Waals surface area contributed by atoms with Crippen molar-refractivity contribution in [2.45, 2.75) is 161 Å². The Morgan fingerprint density at radius 3 is 1.56 bits per heavy atom. The van der Waals surface area contributed by atoms with Gasteiger partial charge in [0.1, 0.15) is 6.61 Å². The van der Waals surface area contributed by atoms with Crippen LogP contribution in [0.2, 0.25) is 0 Å². The Hall–Kier alpha value is -2.81. The highest BCUT2D eigenvalue weighted by atomic mass is 31.2. The second-order valence-corrected chi connectivity index (χ2v) is 14.9. The van der Waals surface area contributed by atoms with Gasteiger partial charge in [0.15, 0.2) is 6.10 Å². The maximum absolute atomic E-state index is 12.6. The number of hydrogen-bond donors (Lipinski definition) is 2. The summed E-state index contributed by atoms with van der Waals surface area (Å²) in [6.07, 6.45) is 50.6. The molecule has 55 heavy (non-hydrogen) atoms. The fourth-order valence-electron chi connectivity index (χ4n) is 5.18. The molecule has 0 rings (SSSR count). The molecule has 2 atom stereocenters. The molecule has 1 unspecified atom stereocenters. The van der Waals surface area contributed by atoms with E-state index in [1.807, 2.05) is 12.2 Å². The second-order valence-electron chi connectivity index (χ2n) is 13.5. The topological polar surface area (TPSA) is 134 Å². The van der Waals surface area contributed by atoms with Gasteiger partial charge in [-0.05, 0) is 77.0 Å². The van der Waals surface area contributed by atoms with Crippen molar-refractivity contribution in [2.75, 3.05) is 26.4 Å². The highest BCUT2D eigenvalue weighted by Gasteiger charge is 2.25. The van der Waals surface area contributed by atoms with E-state index < -0.39 is 32.5 Å². The molecule has 314 valence electrons. The van der Waals surface area contributed by atoms with Crippen molar-refractivity contribution < 1.29 is 37.6 Å². The van der Waals surface area contributed by atoms with Gasteiger partial charge in [-0.25, -0.2) is 4.57 Å². The largest absolute Gasteiger partial charge is 0.472 e. The lowest BCUT2D eigenvalue weighted by atomic mass is 10.1. The van der Waals surface area contributed by atoms with E-state index in [2.05, 4.69) is 86.8 Å². The normalized spacial score (nSPS) is 14.2. The van der Waals surface area contributed by atoms with Crippen LogP contribution in [0.1, 0.15) is 155 Å². The van der Waals surface area contributed by atoms with Gasteiger partial charge < -0.3 is 20.1 Å². The third kappa shape index (κ3) is 40.7. The van der Waals surface area contributed by atoms with E-state index in [1.165, 1.54) is 51.4 Å². The van der Waals surface area contributed by atoms with Gasteiger partial charge in [0, 0.05) is 19.4 Å². The highest BCUT2D eigenvalue weighted by molar-refractivity contribution is 7.47. The number of phosphoric ester groups is 1. The van der Waals surface area contributed by atoms with E-state index in [1.54, 1.807) is 0 Å². The van der Waals surface area contributed by atoms with Crippen LogP contribution in [0.5, 0.6) is 0 Å². The van der Waals surface area contributed by atoms with Gasteiger partial charge in [0.25, 0.3) is 0 Å². The van der Waals surface area contributed by atoms with Crippen LogP contribution in [-0.2, 0) is 32.7 Å². The number of unbranched alkanes of at least 4 members (excludes halogenated alkanes) is 11. The van der Waals surface area contributed by atoms with Crippen LogP contribution < -0.4 is 5.73 Å². The number of ether oxygens (including phenoxy) is 2. The van der Waals surface area contributed by atoms with Crippen LogP contribution in [0.4, 0.5) is 0 Å². The molecule has 9 nitrogen and oxygen atoms in total. The first-order chi connectivity index (χ1) is 26.8. The van der Waals surface area contributed by atoms with Gasteiger partial charge in [-0.1, -0.05) is 150 Å². The molecule has 0 aromatic rings. The molecular weight excluding hydrogens is 713 g/mol. The first kappa shape index (κ1) is 52.2. The fraction of sp³-hybridized carbons (Fsp3) is 0.644. The van der Waals surface area contributed by atoms with Crippen molar-refractivity contribution in [1.82, 2.24) is 0 Å². The molecule has 0 aliphatic carbocycles. The molecule has 0 aliphatic rings. The lowest BCUT2D eigenvalue weighted by molar-refractivity contribution is -0.161. The molecule has 10 heteroatoms. The number of hydrogen-bond acceptors (Lipinski definition) is 8. The Kier molecular flexibility index (Phi) is 38.8. The molecule has 0 aromatic heterocycles. The lowest BCUT2D eigenvalue weighted by Gasteiger charge is -2.19. The summed E-state index contributed by atoms with van der Waals surface area (Å²) in [4.78, 5) is 34.8. The smallest absolute Gasteiger partial charge is 0.462 e. The molecule has 0 aliphatic heterocycles. The molecule has 0 fully saturated rings. The summed E-state index contributed by atoms with van der Waals surface area (Å²) in [6.45, 7) is 3.49. The number of nitrogens with two attached hydrogens (primary N) is 1. The molecule has 0 spiro atoms. The summed E-state index contributed by atoms with van der Waals surface area (Å²) in [6, 6.07) is 0. The van der Waals surface area contributed by atoms with Gasteiger partial charge in [-0.2, -0.15) is 0 Å². The molecule has 0 amide bonds. The predicted octanol–water partition coefficient (Wildman–Crippen LogP) is 12.0. The molecule has 0 radical (unpaired) electrons. The van der Waals surface area contributed by atoms with Crippen LogP contribution in [0.25, 0.3) is 0 Å². The zero-order valence-corrected chi connectivity index (χ0v) is 35.3. The van der Waals surface area contributed by atoms with Crippen molar-refractivity contribution in [2.24, 2.45) is 5.73 Å². The SMILES string of the molecule is CC/C=C/C/C=C/C/C=C/C/C=C/C/C=C/C/C=C/CCC(=O)OC[C@H](COP(=O)(O)OCCN)OC(=O)CCCCC/C=C/CCCCCCCCCC. The zero-order valence-electron chi connectivity index (χ0n) is 34.4. The maximum Gasteiger partial charge on any atom is 0.472 e. The van der Waals surface area contributed by atoms with E-state index in [4.69, 9.17) is 24.3 Å². The quantitative estimate of drug-likeness (QED) is 0.0271. The Morgan fingerprint density at radius 1 is 0.564 bits per heavy atom. The summed E-state index contributed by atoms with van der Waals surface area (Å²) in [5.74, 6) is -0.953. The Labute approximate surface area is 334 Å². The summed E-state index contributed by atoms with van der Waals surface area (Å²) in [5, 5.41) is 0. The van der Waals surface area contributed by atoms with Crippen LogP contribution in [0.3, 0.4) is 0 Å². The maximum atomic E-state index is 12.6. The summed E-state index contributed by atoms with van der Waals surface area (Å²) in [5.41, 5.74) is 5.34. The van der Waals surface area contributed by atoms with Crippen molar-refractivity contribution in [3.63, 3.8) is 0 Å². The zero-order chi connectivity index (χ0) is 40.3. The van der Waals surface area contributed by atoms with Crippen molar-refractivity contribution >= 4 is 19.8 Å². The van der Waals surface area contributed by atoms with Crippen LogP contribution in [0, 0.1) is 0 Å². The average molecular weight is 790 g/mol. The van der Waals surface area contributed by atoms with E-state index in [9.17, 15) is 19.0 Å². The van der Waals surface area contributed by atoms with Gasteiger partial charge in [0.2, 0.25) is 0 Å². The molecule has 0 aromatic carbocycles. The van der Waals surface area contributed by atoms with E-state index >= 15 is 0 Å². The van der Waals surface area contributed by atoms with E-state index in [0.29, 0.717) is 12.8 Å². The number of rotatable bonds is 38. The van der Waals surface area contributed by atoms with Gasteiger partial charge >= 0.3 is 19.8 Å².